The topological polar surface area (TPSA) is 151 Å². The number of aromatic amines is 1. The lowest BCUT2D eigenvalue weighted by atomic mass is 9.91. The van der Waals surface area contributed by atoms with Gasteiger partial charge in [0, 0.05) is 19.0 Å². The standard InChI is InChI=1S/C32H29N9O3/c1-3-4-9-25-33-24-15-14-20(27-26-28(35-34-27)32(44)40(2)31(26)43)16-23(24)30(42)41(25)17-18-10-12-19(13-11-18)21-7-5-6-8-22(21)29-36-38-39-37-29/h5-8,10-16,26-27,34H,3-4,9,17H2,1-2H3,(H,36,37,38,39)/t26-,27?/m0/s1. The van der Waals surface area contributed by atoms with E-state index in [0.717, 1.165) is 45.8 Å². The molecule has 44 heavy (non-hydrogen) atoms. The molecule has 0 saturated carbocycles. The van der Waals surface area contributed by atoms with Crippen LogP contribution in [0.15, 0.2) is 76.6 Å². The number of hydrazone groups is 1. The van der Waals surface area contributed by atoms with Gasteiger partial charge in [0.25, 0.3) is 11.5 Å². The van der Waals surface area contributed by atoms with Gasteiger partial charge >= 0.3 is 0 Å². The second-order valence-electron chi connectivity index (χ2n) is 11.1. The summed E-state index contributed by atoms with van der Waals surface area (Å²) in [4.78, 5) is 45.3. The van der Waals surface area contributed by atoms with Gasteiger partial charge in [-0.25, -0.2) is 4.98 Å². The highest BCUT2D eigenvalue weighted by Gasteiger charge is 2.50. The van der Waals surface area contributed by atoms with Crippen molar-refractivity contribution in [3.63, 3.8) is 0 Å². The minimum absolute atomic E-state index is 0.153. The molecule has 2 aliphatic rings. The molecular weight excluding hydrogens is 558 g/mol. The van der Waals surface area contributed by atoms with Crippen molar-refractivity contribution in [2.45, 2.75) is 38.8 Å². The zero-order chi connectivity index (χ0) is 30.4. The van der Waals surface area contributed by atoms with Crippen LogP contribution >= 0.6 is 0 Å². The first-order valence-electron chi connectivity index (χ1n) is 14.5. The summed E-state index contributed by atoms with van der Waals surface area (Å²) >= 11 is 0. The fourth-order valence-corrected chi connectivity index (χ4v) is 5.97. The number of fused-ring (bicyclic) bond motifs is 2. The van der Waals surface area contributed by atoms with E-state index in [9.17, 15) is 14.4 Å². The van der Waals surface area contributed by atoms with Crippen LogP contribution in [0.3, 0.4) is 0 Å². The van der Waals surface area contributed by atoms with Gasteiger partial charge in [-0.1, -0.05) is 67.9 Å². The van der Waals surface area contributed by atoms with E-state index >= 15 is 0 Å². The number of unbranched alkanes of at least 4 members (excludes halogenated alkanes) is 1. The molecule has 2 aromatic heterocycles. The summed E-state index contributed by atoms with van der Waals surface area (Å²) in [6.07, 6.45) is 2.55. The average molecular weight is 588 g/mol. The van der Waals surface area contributed by atoms with Crippen LogP contribution in [-0.4, -0.2) is 59.6 Å². The van der Waals surface area contributed by atoms with E-state index in [1.165, 1.54) is 7.05 Å². The van der Waals surface area contributed by atoms with Crippen molar-refractivity contribution >= 4 is 28.4 Å². The SMILES string of the molecule is CCCCc1nc2ccc(C3NN=C4C(=O)N(C)C(=O)[C@H]43)cc2c(=O)n1Cc1ccc(-c2ccccc2-c2nn[nH]n2)cc1. The van der Waals surface area contributed by atoms with Crippen molar-refractivity contribution in [2.75, 3.05) is 7.05 Å². The molecule has 220 valence electrons. The molecule has 0 spiro atoms. The van der Waals surface area contributed by atoms with E-state index in [1.807, 2.05) is 60.7 Å². The van der Waals surface area contributed by atoms with Crippen molar-refractivity contribution in [3.05, 3.63) is 94.0 Å². The summed E-state index contributed by atoms with van der Waals surface area (Å²) in [5.74, 6) is -0.175. The van der Waals surface area contributed by atoms with E-state index in [4.69, 9.17) is 4.98 Å². The predicted octanol–water partition coefficient (Wildman–Crippen LogP) is 3.25. The Balaban J connectivity index is 1.23. The number of carbonyl (C=O) groups excluding carboxylic acids is 2. The highest BCUT2D eigenvalue weighted by molar-refractivity contribution is 6.50. The van der Waals surface area contributed by atoms with Crippen LogP contribution in [0.2, 0.25) is 0 Å². The van der Waals surface area contributed by atoms with E-state index in [-0.39, 0.29) is 17.2 Å². The van der Waals surface area contributed by atoms with E-state index in [1.54, 1.807) is 10.6 Å². The number of tetrazole rings is 1. The summed E-state index contributed by atoms with van der Waals surface area (Å²) in [5, 5.41) is 19.1. The van der Waals surface area contributed by atoms with Gasteiger partial charge in [-0.3, -0.25) is 23.9 Å². The first kappa shape index (κ1) is 27.3. The Morgan fingerprint density at radius 3 is 2.50 bits per heavy atom. The van der Waals surface area contributed by atoms with Gasteiger partial charge in [-0.05, 0) is 46.0 Å². The zero-order valence-corrected chi connectivity index (χ0v) is 24.2. The third-order valence-electron chi connectivity index (χ3n) is 8.36. The van der Waals surface area contributed by atoms with Gasteiger partial charge < -0.3 is 5.43 Å². The number of aryl methyl sites for hydroxylation is 1. The number of H-pyrrole nitrogens is 1. The number of benzene rings is 3. The number of imide groups is 1. The Labute approximate surface area is 251 Å². The number of likely N-dealkylation sites (tertiary alicyclic amines) is 1. The number of amides is 2. The minimum Gasteiger partial charge on any atom is -0.301 e. The minimum atomic E-state index is -0.715. The van der Waals surface area contributed by atoms with Crippen LogP contribution in [-0.2, 0) is 22.6 Å². The fourth-order valence-electron chi connectivity index (χ4n) is 5.97. The third-order valence-corrected chi connectivity index (χ3v) is 8.36. The molecule has 0 aliphatic carbocycles. The molecule has 12 heteroatoms. The molecule has 7 rings (SSSR count). The fraction of sp³-hybridized carbons (Fsp3) is 0.250. The van der Waals surface area contributed by atoms with Crippen molar-refractivity contribution in [1.82, 2.24) is 40.5 Å². The highest BCUT2D eigenvalue weighted by atomic mass is 16.2. The number of rotatable bonds is 8. The summed E-state index contributed by atoms with van der Waals surface area (Å²) in [6.45, 7) is 2.46. The molecule has 3 aromatic carbocycles. The number of hydrogen-bond donors (Lipinski definition) is 2. The van der Waals surface area contributed by atoms with Crippen LogP contribution in [0, 0.1) is 5.92 Å². The summed E-state index contributed by atoms with van der Waals surface area (Å²) in [6, 6.07) is 20.8. The van der Waals surface area contributed by atoms with Crippen molar-refractivity contribution in [3.8, 4) is 22.5 Å². The Bertz CT molecular complexity index is 2000. The molecule has 1 saturated heterocycles. The molecule has 1 unspecified atom stereocenters. The molecular formula is C32H29N9O3. The average Bonchev–Trinajstić information content (AvgIpc) is 3.79. The van der Waals surface area contributed by atoms with Crippen LogP contribution < -0.4 is 11.0 Å². The molecule has 0 bridgehead atoms. The van der Waals surface area contributed by atoms with Crippen LogP contribution in [0.5, 0.6) is 0 Å². The van der Waals surface area contributed by atoms with E-state index in [2.05, 4.69) is 38.1 Å². The maximum Gasteiger partial charge on any atom is 0.277 e. The Morgan fingerprint density at radius 1 is 0.955 bits per heavy atom. The first-order valence-corrected chi connectivity index (χ1v) is 14.5. The number of nitrogens with one attached hydrogen (secondary N) is 2. The Hall–Kier alpha value is -5.52. The van der Waals surface area contributed by atoms with Gasteiger partial charge in [0.05, 0.1) is 23.5 Å². The Morgan fingerprint density at radius 2 is 1.75 bits per heavy atom. The number of aromatic nitrogens is 6. The van der Waals surface area contributed by atoms with Crippen LogP contribution in [0.1, 0.15) is 42.8 Å². The lowest BCUT2D eigenvalue weighted by Crippen LogP contribution is -2.31. The van der Waals surface area contributed by atoms with E-state index < -0.39 is 17.9 Å². The monoisotopic (exact) mass is 587 g/mol. The van der Waals surface area contributed by atoms with Gasteiger partial charge in [-0.15, -0.1) is 10.2 Å². The first-order chi connectivity index (χ1) is 21.4. The van der Waals surface area contributed by atoms with E-state index in [0.29, 0.717) is 35.3 Å². The molecule has 4 heterocycles. The molecule has 5 aromatic rings. The van der Waals surface area contributed by atoms with Gasteiger partial charge in [-0.2, -0.15) is 10.3 Å². The lowest BCUT2D eigenvalue weighted by molar-refractivity contribution is -0.137. The van der Waals surface area contributed by atoms with Crippen LogP contribution in [0.4, 0.5) is 0 Å². The third kappa shape index (κ3) is 4.55. The quantitative estimate of drug-likeness (QED) is 0.263. The van der Waals surface area contributed by atoms with Gasteiger partial charge in [0.15, 0.2) is 0 Å². The van der Waals surface area contributed by atoms with Crippen molar-refractivity contribution < 1.29 is 9.59 Å². The summed E-state index contributed by atoms with van der Waals surface area (Å²) in [7, 11) is 1.46. The molecule has 2 amide bonds. The lowest BCUT2D eigenvalue weighted by Gasteiger charge is -2.18. The second kappa shape index (κ2) is 11.0. The van der Waals surface area contributed by atoms with Crippen LogP contribution in [0.25, 0.3) is 33.4 Å². The normalized spacial score (nSPS) is 17.7. The molecule has 2 atom stereocenters. The number of hydrogen-bond acceptors (Lipinski definition) is 9. The summed E-state index contributed by atoms with van der Waals surface area (Å²) < 4.78 is 1.74. The maximum absolute atomic E-state index is 14.1. The van der Waals surface area contributed by atoms with Crippen molar-refractivity contribution in [2.24, 2.45) is 11.0 Å². The largest absolute Gasteiger partial charge is 0.301 e. The molecule has 2 N–H and O–H groups in total. The second-order valence-corrected chi connectivity index (χ2v) is 11.1. The zero-order valence-electron chi connectivity index (χ0n) is 24.2. The van der Waals surface area contributed by atoms with Gasteiger partial charge in [0.2, 0.25) is 11.7 Å². The highest BCUT2D eigenvalue weighted by Crippen LogP contribution is 2.35. The van der Waals surface area contributed by atoms with Gasteiger partial charge in [0.1, 0.15) is 17.5 Å². The predicted molar refractivity (Wildman–Crippen MR) is 163 cm³/mol. The smallest absolute Gasteiger partial charge is 0.277 e. The van der Waals surface area contributed by atoms with Crippen molar-refractivity contribution in [1.29, 1.82) is 0 Å². The maximum atomic E-state index is 14.1. The Kier molecular flexibility index (Phi) is 6.80. The number of nitrogens with zero attached hydrogens (tertiary/aromatic N) is 7. The molecule has 2 aliphatic heterocycles. The molecule has 12 nitrogen and oxygen atoms in total. The molecule has 1 fully saturated rings. The summed E-state index contributed by atoms with van der Waals surface area (Å²) in [5.41, 5.74) is 8.08. The number of carbonyl (C=O) groups is 2. The molecule has 0 radical (unpaired) electrons.